The van der Waals surface area contributed by atoms with Crippen molar-refractivity contribution < 1.29 is 14.3 Å². The summed E-state index contributed by atoms with van der Waals surface area (Å²) < 4.78 is 10.5. The number of hydrogen-bond donors (Lipinski definition) is 1. The van der Waals surface area contributed by atoms with Gasteiger partial charge < -0.3 is 19.7 Å². The highest BCUT2D eigenvalue weighted by atomic mass is 16.5. The van der Waals surface area contributed by atoms with Gasteiger partial charge in [-0.1, -0.05) is 13.3 Å². The van der Waals surface area contributed by atoms with Crippen molar-refractivity contribution in [1.29, 1.82) is 0 Å². The van der Waals surface area contributed by atoms with Gasteiger partial charge in [-0.3, -0.25) is 4.79 Å². The van der Waals surface area contributed by atoms with Gasteiger partial charge in [0.15, 0.2) is 0 Å². The molecular weight excluding hydrogens is 320 g/mol. The van der Waals surface area contributed by atoms with Gasteiger partial charge in [-0.15, -0.1) is 0 Å². The number of benzene rings is 1. The number of nitrogens with zero attached hydrogens (tertiary/aromatic N) is 3. The van der Waals surface area contributed by atoms with E-state index in [1.54, 1.807) is 44.4 Å². The predicted molar refractivity (Wildman–Crippen MR) is 96.7 cm³/mol. The van der Waals surface area contributed by atoms with Gasteiger partial charge in [0.1, 0.15) is 11.5 Å². The van der Waals surface area contributed by atoms with Crippen molar-refractivity contribution in [3.8, 4) is 11.5 Å². The van der Waals surface area contributed by atoms with Crippen LogP contribution in [0.25, 0.3) is 0 Å². The molecule has 0 unspecified atom stereocenters. The van der Waals surface area contributed by atoms with Gasteiger partial charge in [0, 0.05) is 32.1 Å². The Bertz CT molecular complexity index is 704. The minimum absolute atomic E-state index is 0.0843. The van der Waals surface area contributed by atoms with Crippen LogP contribution in [0, 0.1) is 0 Å². The van der Waals surface area contributed by atoms with Gasteiger partial charge in [-0.25, -0.2) is 9.97 Å². The van der Waals surface area contributed by atoms with Crippen LogP contribution >= 0.6 is 0 Å². The van der Waals surface area contributed by atoms with Gasteiger partial charge in [0.05, 0.1) is 25.5 Å². The summed E-state index contributed by atoms with van der Waals surface area (Å²) in [6.45, 7) is 2.81. The molecule has 2 aromatic rings. The molecule has 1 aromatic heterocycles. The molecule has 0 aliphatic carbocycles. The molecule has 7 nitrogen and oxygen atoms in total. The number of nitrogens with one attached hydrogen (secondary N) is 1. The lowest BCUT2D eigenvalue weighted by molar-refractivity contribution is 0.0792. The smallest absolute Gasteiger partial charge is 0.256 e. The Morgan fingerprint density at radius 1 is 1.20 bits per heavy atom. The van der Waals surface area contributed by atoms with Gasteiger partial charge >= 0.3 is 0 Å². The van der Waals surface area contributed by atoms with Crippen molar-refractivity contribution in [3.63, 3.8) is 0 Å². The van der Waals surface area contributed by atoms with Crippen LogP contribution in [-0.2, 0) is 0 Å². The van der Waals surface area contributed by atoms with E-state index in [1.165, 1.54) is 12.4 Å². The van der Waals surface area contributed by atoms with Crippen LogP contribution in [0.4, 0.5) is 11.6 Å². The fourth-order valence-corrected chi connectivity index (χ4v) is 2.25. The fourth-order valence-electron chi connectivity index (χ4n) is 2.25. The fraction of sp³-hybridized carbons (Fsp3) is 0.389. The zero-order valence-electron chi connectivity index (χ0n) is 15.1. The van der Waals surface area contributed by atoms with Gasteiger partial charge in [0.2, 0.25) is 5.95 Å². The van der Waals surface area contributed by atoms with Gasteiger partial charge in [-0.2, -0.15) is 0 Å². The highest BCUT2D eigenvalue weighted by molar-refractivity contribution is 5.93. The van der Waals surface area contributed by atoms with Gasteiger partial charge in [-0.05, 0) is 18.6 Å². The minimum Gasteiger partial charge on any atom is -0.497 e. The third-order valence-electron chi connectivity index (χ3n) is 3.75. The van der Waals surface area contributed by atoms with Gasteiger partial charge in [0.25, 0.3) is 5.91 Å². The Hall–Kier alpha value is -2.83. The van der Waals surface area contributed by atoms with E-state index in [0.717, 1.165) is 19.4 Å². The maximum atomic E-state index is 12.3. The summed E-state index contributed by atoms with van der Waals surface area (Å²) in [6.07, 6.45) is 5.05. The third kappa shape index (κ3) is 4.82. The maximum absolute atomic E-state index is 12.3. The van der Waals surface area contributed by atoms with E-state index in [0.29, 0.717) is 28.7 Å². The Kier molecular flexibility index (Phi) is 6.56. The third-order valence-corrected chi connectivity index (χ3v) is 3.75. The highest BCUT2D eigenvalue weighted by Crippen LogP contribution is 2.30. The number of anilines is 2. The summed E-state index contributed by atoms with van der Waals surface area (Å²) in [5.41, 5.74) is 1.14. The lowest BCUT2D eigenvalue weighted by atomic mass is 10.2. The number of aromatic nitrogens is 2. The highest BCUT2D eigenvalue weighted by Gasteiger charge is 2.13. The largest absolute Gasteiger partial charge is 0.497 e. The standard InChI is InChI=1S/C18H24N4O3/c1-5-6-9-22(2)17(23)13-11-19-18(20-12-13)21-15-10-14(24-3)7-8-16(15)25-4/h7-8,10-12H,5-6,9H2,1-4H3,(H,19,20,21). The Labute approximate surface area is 148 Å². The van der Waals surface area contributed by atoms with E-state index in [-0.39, 0.29) is 5.91 Å². The molecule has 25 heavy (non-hydrogen) atoms. The van der Waals surface area contributed by atoms with E-state index < -0.39 is 0 Å². The molecule has 7 heteroatoms. The second-order valence-electron chi connectivity index (χ2n) is 5.57. The first-order valence-corrected chi connectivity index (χ1v) is 8.15. The first-order valence-electron chi connectivity index (χ1n) is 8.15. The van der Waals surface area contributed by atoms with Crippen LogP contribution in [0.5, 0.6) is 11.5 Å². The van der Waals surface area contributed by atoms with Crippen LogP contribution < -0.4 is 14.8 Å². The van der Waals surface area contributed by atoms with E-state index in [1.807, 2.05) is 0 Å². The predicted octanol–water partition coefficient (Wildman–Crippen LogP) is 3.11. The van der Waals surface area contributed by atoms with E-state index in [2.05, 4.69) is 22.2 Å². The number of rotatable bonds is 8. The second-order valence-corrected chi connectivity index (χ2v) is 5.57. The average Bonchev–Trinajstić information content (AvgIpc) is 2.66. The van der Waals surface area contributed by atoms with Crippen molar-refractivity contribution in [2.45, 2.75) is 19.8 Å². The van der Waals surface area contributed by atoms with Crippen molar-refractivity contribution in [1.82, 2.24) is 14.9 Å². The Morgan fingerprint density at radius 3 is 2.52 bits per heavy atom. The lowest BCUT2D eigenvalue weighted by Crippen LogP contribution is -2.27. The van der Waals surface area contributed by atoms with Crippen LogP contribution in [0.3, 0.4) is 0 Å². The van der Waals surface area contributed by atoms with Crippen molar-refractivity contribution in [2.24, 2.45) is 0 Å². The van der Waals surface area contributed by atoms with Crippen LogP contribution in [-0.4, -0.2) is 48.6 Å². The van der Waals surface area contributed by atoms with E-state index in [9.17, 15) is 4.79 Å². The lowest BCUT2D eigenvalue weighted by Gasteiger charge is -2.16. The molecule has 2 rings (SSSR count). The first kappa shape index (κ1) is 18.5. The molecule has 0 aliphatic rings. The molecule has 0 fully saturated rings. The summed E-state index contributed by atoms with van der Waals surface area (Å²) in [4.78, 5) is 22.4. The molecule has 0 spiro atoms. The monoisotopic (exact) mass is 344 g/mol. The molecule has 0 bridgehead atoms. The summed E-state index contributed by atoms with van der Waals surface area (Å²) >= 11 is 0. The molecular formula is C18H24N4O3. The number of amides is 1. The van der Waals surface area contributed by atoms with Crippen LogP contribution in [0.1, 0.15) is 30.1 Å². The number of carbonyl (C=O) groups is 1. The van der Waals surface area contributed by atoms with Crippen LogP contribution in [0.15, 0.2) is 30.6 Å². The summed E-state index contributed by atoms with van der Waals surface area (Å²) in [7, 11) is 4.96. The van der Waals surface area contributed by atoms with Crippen molar-refractivity contribution in [3.05, 3.63) is 36.2 Å². The molecule has 1 heterocycles. The summed E-state index contributed by atoms with van der Waals surface area (Å²) in [5.74, 6) is 1.62. The summed E-state index contributed by atoms with van der Waals surface area (Å²) in [5, 5.41) is 3.08. The summed E-state index contributed by atoms with van der Waals surface area (Å²) in [6, 6.07) is 5.39. The number of unbranched alkanes of at least 4 members (excludes halogenated alkanes) is 1. The number of ether oxygens (including phenoxy) is 2. The number of hydrogen-bond acceptors (Lipinski definition) is 6. The quantitative estimate of drug-likeness (QED) is 0.793. The Balaban J connectivity index is 2.11. The SMILES string of the molecule is CCCCN(C)C(=O)c1cnc(Nc2cc(OC)ccc2OC)nc1. The molecule has 0 radical (unpaired) electrons. The van der Waals surface area contributed by atoms with E-state index in [4.69, 9.17) is 9.47 Å². The first-order chi connectivity index (χ1) is 12.1. The molecule has 134 valence electrons. The second kappa shape index (κ2) is 8.86. The topological polar surface area (TPSA) is 76.6 Å². The molecule has 1 amide bonds. The molecule has 0 saturated carbocycles. The zero-order chi connectivity index (χ0) is 18.2. The zero-order valence-corrected chi connectivity index (χ0v) is 15.1. The van der Waals surface area contributed by atoms with E-state index >= 15 is 0 Å². The number of carbonyl (C=O) groups excluding carboxylic acids is 1. The average molecular weight is 344 g/mol. The minimum atomic E-state index is -0.0843. The molecule has 1 N–H and O–H groups in total. The maximum Gasteiger partial charge on any atom is 0.256 e. The number of methoxy groups -OCH3 is 2. The molecule has 0 saturated heterocycles. The van der Waals surface area contributed by atoms with Crippen molar-refractivity contribution >= 4 is 17.5 Å². The Morgan fingerprint density at radius 2 is 1.92 bits per heavy atom. The normalized spacial score (nSPS) is 10.2. The van der Waals surface area contributed by atoms with Crippen LogP contribution in [0.2, 0.25) is 0 Å². The molecule has 1 aromatic carbocycles. The molecule has 0 aliphatic heterocycles. The van der Waals surface area contributed by atoms with Crippen molar-refractivity contribution in [2.75, 3.05) is 33.1 Å². The molecule has 0 atom stereocenters.